The van der Waals surface area contributed by atoms with Gasteiger partial charge < -0.3 is 0 Å². The van der Waals surface area contributed by atoms with Gasteiger partial charge in [0.1, 0.15) is 5.82 Å². The molecule has 0 aliphatic rings. The van der Waals surface area contributed by atoms with Gasteiger partial charge in [0.2, 0.25) is 0 Å². The highest BCUT2D eigenvalue weighted by Crippen LogP contribution is 2.33. The van der Waals surface area contributed by atoms with Gasteiger partial charge in [0.15, 0.2) is 5.13 Å². The Hall–Kier alpha value is -2.70. The minimum absolute atomic E-state index is 0.201. The highest BCUT2D eigenvalue weighted by Gasteiger charge is 2.22. The van der Waals surface area contributed by atoms with Crippen LogP contribution >= 0.6 is 23.1 Å². The van der Waals surface area contributed by atoms with Crippen LogP contribution in [0.15, 0.2) is 77.7 Å². The Bertz CT molecular complexity index is 1110. The number of carbonyl (C=O) groups is 1. The van der Waals surface area contributed by atoms with E-state index in [1.165, 1.54) is 35.6 Å². The molecule has 0 fully saturated rings. The normalized spacial score (nSPS) is 10.9. The van der Waals surface area contributed by atoms with Gasteiger partial charge in [-0.05, 0) is 54.3 Å². The number of thioether (sulfide) groups is 1. The van der Waals surface area contributed by atoms with Crippen molar-refractivity contribution in [1.29, 1.82) is 0 Å². The van der Waals surface area contributed by atoms with Crippen LogP contribution in [0.25, 0.3) is 10.2 Å². The average molecular weight is 409 g/mol. The molecular formula is C22H17FN2OS2. The molecule has 0 unspecified atom stereocenters. The smallest absolute Gasteiger partial charge is 0.260 e. The summed E-state index contributed by atoms with van der Waals surface area (Å²) in [6.07, 6.45) is 2.03. The van der Waals surface area contributed by atoms with Crippen molar-refractivity contribution < 1.29 is 9.18 Å². The summed E-state index contributed by atoms with van der Waals surface area (Å²) < 4.78 is 14.3. The molecule has 0 aliphatic carbocycles. The van der Waals surface area contributed by atoms with Gasteiger partial charge in [-0.25, -0.2) is 9.37 Å². The van der Waals surface area contributed by atoms with Crippen LogP contribution in [-0.4, -0.2) is 17.1 Å². The van der Waals surface area contributed by atoms with Gasteiger partial charge in [0.25, 0.3) is 5.91 Å². The molecule has 4 aromatic rings. The van der Waals surface area contributed by atoms with Gasteiger partial charge in [-0.15, -0.1) is 11.8 Å². The second-order valence-electron chi connectivity index (χ2n) is 6.21. The molecule has 0 bridgehead atoms. The number of thiazole rings is 1. The van der Waals surface area contributed by atoms with Crippen molar-refractivity contribution in [2.24, 2.45) is 0 Å². The predicted molar refractivity (Wildman–Crippen MR) is 115 cm³/mol. The molecule has 140 valence electrons. The topological polar surface area (TPSA) is 33.2 Å². The average Bonchev–Trinajstić information content (AvgIpc) is 3.15. The van der Waals surface area contributed by atoms with Crippen molar-refractivity contribution in [3.63, 3.8) is 0 Å². The minimum Gasteiger partial charge on any atom is -0.279 e. The lowest BCUT2D eigenvalue weighted by atomic mass is 10.1. The quantitative estimate of drug-likeness (QED) is 0.380. The van der Waals surface area contributed by atoms with Gasteiger partial charge in [0, 0.05) is 10.5 Å². The maximum Gasteiger partial charge on any atom is 0.260 e. The highest BCUT2D eigenvalue weighted by atomic mass is 32.2. The van der Waals surface area contributed by atoms with Crippen molar-refractivity contribution in [3.8, 4) is 0 Å². The Morgan fingerprint density at radius 2 is 1.82 bits per heavy atom. The lowest BCUT2D eigenvalue weighted by molar-refractivity contribution is 0.0985. The Kier molecular flexibility index (Phi) is 5.41. The maximum absolute atomic E-state index is 13.3. The molecule has 1 heterocycles. The Morgan fingerprint density at radius 3 is 2.54 bits per heavy atom. The third-order valence-corrected chi connectivity index (χ3v) is 6.10. The first-order valence-electron chi connectivity index (χ1n) is 8.70. The number of aromatic nitrogens is 1. The monoisotopic (exact) mass is 408 g/mol. The number of rotatable bonds is 5. The number of amides is 1. The molecule has 0 N–H and O–H groups in total. The number of halogens is 1. The van der Waals surface area contributed by atoms with E-state index in [9.17, 15) is 9.18 Å². The second-order valence-corrected chi connectivity index (χ2v) is 8.10. The molecule has 0 radical (unpaired) electrons. The zero-order valence-corrected chi connectivity index (χ0v) is 16.8. The lowest BCUT2D eigenvalue weighted by Gasteiger charge is -2.20. The Labute approximate surface area is 170 Å². The van der Waals surface area contributed by atoms with Crippen LogP contribution in [0.5, 0.6) is 0 Å². The molecule has 0 saturated heterocycles. The van der Waals surface area contributed by atoms with Crippen LogP contribution in [0, 0.1) is 5.82 Å². The predicted octanol–water partition coefficient (Wildman–Crippen LogP) is 6.00. The summed E-state index contributed by atoms with van der Waals surface area (Å²) in [7, 11) is 0. The van der Waals surface area contributed by atoms with Crippen molar-refractivity contribution in [1.82, 2.24) is 4.98 Å². The van der Waals surface area contributed by atoms with E-state index in [4.69, 9.17) is 0 Å². The fourth-order valence-electron chi connectivity index (χ4n) is 2.88. The molecule has 0 atom stereocenters. The molecule has 3 aromatic carbocycles. The number of fused-ring (bicyclic) bond motifs is 1. The first-order valence-corrected chi connectivity index (χ1v) is 10.7. The first-order chi connectivity index (χ1) is 13.6. The molecule has 3 nitrogen and oxygen atoms in total. The molecule has 0 aliphatic heterocycles. The van der Waals surface area contributed by atoms with E-state index < -0.39 is 0 Å². The summed E-state index contributed by atoms with van der Waals surface area (Å²) in [6.45, 7) is 0.395. The number of anilines is 1. The maximum atomic E-state index is 13.3. The summed E-state index contributed by atoms with van der Waals surface area (Å²) in [6, 6.07) is 21.5. The number of hydrogen-bond donors (Lipinski definition) is 0. The lowest BCUT2D eigenvalue weighted by Crippen LogP contribution is -2.30. The van der Waals surface area contributed by atoms with Crippen molar-refractivity contribution >= 4 is 44.4 Å². The standard InChI is InChI=1S/C22H17FN2OS2/c1-27-18-11-12-19-20(13-18)28-22(24-19)25(14-15-5-3-2-4-6-15)21(26)16-7-9-17(23)10-8-16/h2-13H,14H2,1H3. The number of benzene rings is 3. The minimum atomic E-state index is -0.365. The van der Waals surface area contributed by atoms with E-state index in [2.05, 4.69) is 11.1 Å². The van der Waals surface area contributed by atoms with Crippen LogP contribution < -0.4 is 4.90 Å². The fraction of sp³-hybridized carbons (Fsp3) is 0.0909. The van der Waals surface area contributed by atoms with E-state index in [-0.39, 0.29) is 11.7 Å². The summed E-state index contributed by atoms with van der Waals surface area (Å²) in [5, 5.41) is 0.631. The second kappa shape index (κ2) is 8.12. The van der Waals surface area contributed by atoms with E-state index in [1.54, 1.807) is 16.7 Å². The van der Waals surface area contributed by atoms with Crippen LogP contribution in [0.1, 0.15) is 15.9 Å². The van der Waals surface area contributed by atoms with E-state index in [1.807, 2.05) is 48.7 Å². The summed E-state index contributed by atoms with van der Waals surface area (Å²) in [4.78, 5) is 20.7. The third-order valence-electron chi connectivity index (χ3n) is 4.34. The SMILES string of the molecule is CSc1ccc2nc(N(Cc3ccccc3)C(=O)c3ccc(F)cc3)sc2c1. The van der Waals surface area contributed by atoms with Crippen molar-refractivity contribution in [2.75, 3.05) is 11.2 Å². The summed E-state index contributed by atoms with van der Waals surface area (Å²) in [5.74, 6) is -0.566. The number of carbonyl (C=O) groups excluding carboxylic acids is 1. The Balaban J connectivity index is 1.75. The Morgan fingerprint density at radius 1 is 1.07 bits per heavy atom. The van der Waals surface area contributed by atoms with E-state index >= 15 is 0 Å². The molecule has 0 saturated carbocycles. The zero-order valence-electron chi connectivity index (χ0n) is 15.1. The van der Waals surface area contributed by atoms with Gasteiger partial charge >= 0.3 is 0 Å². The van der Waals surface area contributed by atoms with Gasteiger partial charge in [-0.2, -0.15) is 0 Å². The van der Waals surface area contributed by atoms with Crippen LogP contribution in [-0.2, 0) is 6.54 Å². The highest BCUT2D eigenvalue weighted by molar-refractivity contribution is 7.98. The number of nitrogens with zero attached hydrogens (tertiary/aromatic N) is 2. The van der Waals surface area contributed by atoms with Gasteiger partial charge in [-0.1, -0.05) is 41.7 Å². The molecule has 6 heteroatoms. The van der Waals surface area contributed by atoms with Crippen LogP contribution in [0.2, 0.25) is 0 Å². The molecule has 4 rings (SSSR count). The molecule has 28 heavy (non-hydrogen) atoms. The first kappa shape index (κ1) is 18.7. The zero-order chi connectivity index (χ0) is 19.5. The van der Waals surface area contributed by atoms with E-state index in [0.717, 1.165) is 20.7 Å². The molecule has 0 spiro atoms. The van der Waals surface area contributed by atoms with Crippen LogP contribution in [0.3, 0.4) is 0 Å². The molecule has 1 aromatic heterocycles. The third kappa shape index (κ3) is 3.93. The molecule has 1 amide bonds. The number of hydrogen-bond acceptors (Lipinski definition) is 4. The van der Waals surface area contributed by atoms with E-state index in [0.29, 0.717) is 17.2 Å². The van der Waals surface area contributed by atoms with Gasteiger partial charge in [-0.3, -0.25) is 9.69 Å². The van der Waals surface area contributed by atoms with Crippen LogP contribution in [0.4, 0.5) is 9.52 Å². The van der Waals surface area contributed by atoms with Crippen molar-refractivity contribution in [2.45, 2.75) is 11.4 Å². The largest absolute Gasteiger partial charge is 0.279 e. The summed E-state index contributed by atoms with van der Waals surface area (Å²) in [5.41, 5.74) is 2.30. The van der Waals surface area contributed by atoms with Gasteiger partial charge in [0.05, 0.1) is 16.8 Å². The molecular weight excluding hydrogens is 391 g/mol. The fourth-order valence-corrected chi connectivity index (χ4v) is 4.39. The summed E-state index contributed by atoms with van der Waals surface area (Å²) >= 11 is 3.16. The van der Waals surface area contributed by atoms with Crippen molar-refractivity contribution in [3.05, 3.63) is 89.7 Å².